The van der Waals surface area contributed by atoms with Gasteiger partial charge in [-0.3, -0.25) is 10.1 Å². The molecule has 13 heavy (non-hydrogen) atoms. The molecule has 0 spiro atoms. The molecule has 3 amide bonds. The summed E-state index contributed by atoms with van der Waals surface area (Å²) in [6.45, 7) is 0.815. The lowest BCUT2D eigenvalue weighted by Gasteiger charge is -2.28. The van der Waals surface area contributed by atoms with Gasteiger partial charge >= 0.3 is 6.03 Å². The molecule has 0 saturated carbocycles. The van der Waals surface area contributed by atoms with E-state index in [1.54, 1.807) is 0 Å². The first kappa shape index (κ1) is 9.48. The molecule has 70 valence electrons. The molecule has 0 aromatic carbocycles. The maximum absolute atomic E-state index is 11.1. The van der Waals surface area contributed by atoms with Gasteiger partial charge in [-0.2, -0.15) is 5.26 Å². The lowest BCUT2D eigenvalue weighted by atomic mass is 10.1. The van der Waals surface area contributed by atoms with Crippen molar-refractivity contribution in [3.05, 3.63) is 0 Å². The fourth-order valence-electron chi connectivity index (χ4n) is 1.11. The molecule has 0 aromatic rings. The molecule has 0 bridgehead atoms. The van der Waals surface area contributed by atoms with Gasteiger partial charge in [0.15, 0.2) is 0 Å². The second-order valence-corrected chi connectivity index (χ2v) is 2.71. The highest BCUT2D eigenvalue weighted by molar-refractivity contribution is 5.99. The summed E-state index contributed by atoms with van der Waals surface area (Å²) < 4.78 is 0. The minimum atomic E-state index is -0.774. The van der Waals surface area contributed by atoms with Crippen molar-refractivity contribution >= 4 is 11.9 Å². The molecule has 6 heteroatoms. The molecule has 0 aliphatic carbocycles. The lowest BCUT2D eigenvalue weighted by Crippen LogP contribution is -2.55. The van der Waals surface area contributed by atoms with E-state index >= 15 is 0 Å². The predicted molar refractivity (Wildman–Crippen MR) is 43.3 cm³/mol. The van der Waals surface area contributed by atoms with Gasteiger partial charge in [-0.1, -0.05) is 0 Å². The van der Waals surface area contributed by atoms with Crippen LogP contribution in [0.1, 0.15) is 0 Å². The predicted octanol–water partition coefficient (Wildman–Crippen LogP) is -1.36. The van der Waals surface area contributed by atoms with Crippen LogP contribution in [-0.2, 0) is 4.79 Å². The number of imide groups is 1. The monoisotopic (exact) mass is 182 g/mol. The number of nitrogens with one attached hydrogen (secondary N) is 1. The SMILES string of the molecule is N#CC1CN(CCN)C(=O)NC1=O. The van der Waals surface area contributed by atoms with Crippen LogP contribution in [0.2, 0.25) is 0 Å². The molecule has 1 aliphatic heterocycles. The third kappa shape index (κ3) is 1.95. The maximum atomic E-state index is 11.1. The van der Waals surface area contributed by atoms with E-state index in [1.807, 2.05) is 6.07 Å². The van der Waals surface area contributed by atoms with Gasteiger partial charge in [0.1, 0.15) is 5.92 Å². The number of nitriles is 1. The Morgan fingerprint density at radius 1 is 1.69 bits per heavy atom. The fourth-order valence-corrected chi connectivity index (χ4v) is 1.11. The van der Waals surface area contributed by atoms with Gasteiger partial charge in [0.05, 0.1) is 6.07 Å². The third-order valence-electron chi connectivity index (χ3n) is 1.79. The van der Waals surface area contributed by atoms with E-state index in [1.165, 1.54) is 4.90 Å². The summed E-state index contributed by atoms with van der Waals surface area (Å²) in [5.41, 5.74) is 5.25. The standard InChI is InChI=1S/C7H10N4O2/c8-1-2-11-4-5(3-9)6(12)10-7(11)13/h5H,1-2,4,8H2,(H,10,12,13). The Morgan fingerprint density at radius 3 is 2.92 bits per heavy atom. The largest absolute Gasteiger partial charge is 0.329 e. The van der Waals surface area contributed by atoms with Crippen LogP contribution in [0.3, 0.4) is 0 Å². The fraction of sp³-hybridized carbons (Fsp3) is 0.571. The second-order valence-electron chi connectivity index (χ2n) is 2.71. The van der Waals surface area contributed by atoms with Gasteiger partial charge in [0.25, 0.3) is 0 Å². The number of carbonyl (C=O) groups is 2. The normalized spacial score (nSPS) is 22.5. The molecule has 1 heterocycles. The van der Waals surface area contributed by atoms with Crippen LogP contribution in [0.15, 0.2) is 0 Å². The molecule has 1 unspecified atom stereocenters. The van der Waals surface area contributed by atoms with Gasteiger partial charge in [0.2, 0.25) is 5.91 Å². The number of amides is 3. The number of carbonyl (C=O) groups excluding carboxylic acids is 2. The summed E-state index contributed by atoms with van der Waals surface area (Å²) in [5.74, 6) is -1.30. The van der Waals surface area contributed by atoms with E-state index in [2.05, 4.69) is 5.32 Å². The van der Waals surface area contributed by atoms with Crippen molar-refractivity contribution in [3.63, 3.8) is 0 Å². The molecule has 6 nitrogen and oxygen atoms in total. The van der Waals surface area contributed by atoms with Crippen molar-refractivity contribution in [3.8, 4) is 6.07 Å². The summed E-state index contributed by atoms with van der Waals surface area (Å²) in [4.78, 5) is 23.4. The Labute approximate surface area is 75.3 Å². The average Bonchev–Trinajstić information content (AvgIpc) is 2.10. The first-order chi connectivity index (χ1) is 6.19. The lowest BCUT2D eigenvalue weighted by molar-refractivity contribution is -0.124. The summed E-state index contributed by atoms with van der Waals surface area (Å²) in [5, 5.41) is 10.6. The molecule has 0 radical (unpaired) electrons. The zero-order valence-corrected chi connectivity index (χ0v) is 6.99. The summed E-state index contributed by atoms with van der Waals surface area (Å²) in [6, 6.07) is 1.35. The zero-order valence-electron chi connectivity index (χ0n) is 6.99. The number of nitrogens with two attached hydrogens (primary N) is 1. The first-order valence-electron chi connectivity index (χ1n) is 3.88. The van der Waals surface area contributed by atoms with Gasteiger partial charge in [-0.25, -0.2) is 4.79 Å². The smallest absolute Gasteiger partial charge is 0.324 e. The molecule has 1 saturated heterocycles. The minimum Gasteiger partial charge on any atom is -0.329 e. The van der Waals surface area contributed by atoms with Gasteiger partial charge in [-0.05, 0) is 0 Å². The molecule has 0 aromatic heterocycles. The Hall–Kier alpha value is -1.61. The number of nitrogens with zero attached hydrogens (tertiary/aromatic N) is 2. The minimum absolute atomic E-state index is 0.137. The van der Waals surface area contributed by atoms with E-state index in [0.717, 1.165) is 0 Å². The Balaban J connectivity index is 2.65. The Morgan fingerprint density at radius 2 is 2.38 bits per heavy atom. The van der Waals surface area contributed by atoms with Crippen molar-refractivity contribution in [2.45, 2.75) is 0 Å². The third-order valence-corrected chi connectivity index (χ3v) is 1.79. The summed E-state index contributed by atoms with van der Waals surface area (Å²) in [7, 11) is 0. The van der Waals surface area contributed by atoms with Crippen LogP contribution in [0, 0.1) is 17.2 Å². The first-order valence-corrected chi connectivity index (χ1v) is 3.88. The van der Waals surface area contributed by atoms with Crippen molar-refractivity contribution in [2.24, 2.45) is 11.7 Å². The van der Waals surface area contributed by atoms with E-state index in [0.29, 0.717) is 13.1 Å². The highest BCUT2D eigenvalue weighted by Crippen LogP contribution is 2.06. The number of hydrogen-bond donors (Lipinski definition) is 2. The van der Waals surface area contributed by atoms with E-state index < -0.39 is 17.9 Å². The number of hydrogen-bond acceptors (Lipinski definition) is 4. The van der Waals surface area contributed by atoms with Crippen LogP contribution in [-0.4, -0.2) is 36.5 Å². The van der Waals surface area contributed by atoms with Crippen LogP contribution in [0.25, 0.3) is 0 Å². The summed E-state index contributed by atoms with van der Waals surface area (Å²) >= 11 is 0. The number of rotatable bonds is 2. The van der Waals surface area contributed by atoms with E-state index in [9.17, 15) is 9.59 Å². The average molecular weight is 182 g/mol. The van der Waals surface area contributed by atoms with Crippen molar-refractivity contribution < 1.29 is 9.59 Å². The van der Waals surface area contributed by atoms with Crippen LogP contribution >= 0.6 is 0 Å². The Bertz CT molecular complexity index is 270. The quantitative estimate of drug-likeness (QED) is 0.550. The zero-order chi connectivity index (χ0) is 9.84. The van der Waals surface area contributed by atoms with Crippen molar-refractivity contribution in [2.75, 3.05) is 19.6 Å². The van der Waals surface area contributed by atoms with E-state index in [4.69, 9.17) is 11.0 Å². The van der Waals surface area contributed by atoms with Gasteiger partial charge in [0, 0.05) is 19.6 Å². The van der Waals surface area contributed by atoms with Crippen LogP contribution < -0.4 is 11.1 Å². The van der Waals surface area contributed by atoms with Crippen LogP contribution in [0.4, 0.5) is 4.79 Å². The van der Waals surface area contributed by atoms with E-state index in [-0.39, 0.29) is 6.54 Å². The molecule has 1 aliphatic rings. The molecule has 1 rings (SSSR count). The number of urea groups is 1. The molecule has 3 N–H and O–H groups in total. The summed E-state index contributed by atoms with van der Waals surface area (Å²) in [6.07, 6.45) is 0. The molecular weight excluding hydrogens is 172 g/mol. The van der Waals surface area contributed by atoms with Crippen molar-refractivity contribution in [1.82, 2.24) is 10.2 Å². The van der Waals surface area contributed by atoms with Gasteiger partial charge in [-0.15, -0.1) is 0 Å². The molecule has 1 atom stereocenters. The molecule has 1 fully saturated rings. The van der Waals surface area contributed by atoms with Crippen molar-refractivity contribution in [1.29, 1.82) is 5.26 Å². The molecular formula is C7H10N4O2. The van der Waals surface area contributed by atoms with Gasteiger partial charge < -0.3 is 10.6 Å². The second kappa shape index (κ2) is 3.87. The van der Waals surface area contributed by atoms with Crippen LogP contribution in [0.5, 0.6) is 0 Å². The topological polar surface area (TPSA) is 99.2 Å². The highest BCUT2D eigenvalue weighted by Gasteiger charge is 2.31. The highest BCUT2D eigenvalue weighted by atomic mass is 16.2. The Kier molecular flexibility index (Phi) is 2.82. The maximum Gasteiger partial charge on any atom is 0.324 e.